The highest BCUT2D eigenvalue weighted by atomic mass is 79.9. The van der Waals surface area contributed by atoms with Crippen LogP contribution in [0.3, 0.4) is 0 Å². The molecule has 1 atom stereocenters. The normalized spacial score (nSPS) is 12.0. The third-order valence-electron chi connectivity index (χ3n) is 5.24. The number of aryl methyl sites for hydroxylation is 1. The van der Waals surface area contributed by atoms with Crippen LogP contribution < -0.4 is 4.74 Å². The first-order valence-corrected chi connectivity index (χ1v) is 11.8. The van der Waals surface area contributed by atoms with Crippen LogP contribution in [0.25, 0.3) is 10.9 Å². The Kier molecular flexibility index (Phi) is 9.97. The molecule has 0 saturated heterocycles. The van der Waals surface area contributed by atoms with E-state index in [1.54, 1.807) is 6.92 Å². The van der Waals surface area contributed by atoms with E-state index in [1.165, 1.54) is 0 Å². The summed E-state index contributed by atoms with van der Waals surface area (Å²) >= 11 is 8.30. The van der Waals surface area contributed by atoms with Crippen molar-refractivity contribution in [2.45, 2.75) is 25.1 Å². The van der Waals surface area contributed by atoms with Crippen LogP contribution in [0.1, 0.15) is 40.2 Å². The molecule has 0 saturated carbocycles. The molecule has 0 spiro atoms. The lowest BCUT2D eigenvalue weighted by atomic mass is 10.0. The minimum Gasteiger partial charge on any atom is -0.506 e. The number of thiol groups is 1. The maximum absolute atomic E-state index is 13.1. The Morgan fingerprint density at radius 1 is 1.27 bits per heavy atom. The molecule has 1 unspecified atom stereocenters. The zero-order chi connectivity index (χ0) is 23.4. The number of halogens is 2. The molecule has 1 N–H and O–H groups in total. The van der Waals surface area contributed by atoms with Gasteiger partial charge in [0.05, 0.1) is 28.8 Å². The molecule has 0 aliphatic rings. The number of rotatable bonds is 9. The number of carbonyl (C=O) groups excluding carboxylic acids is 1. The van der Waals surface area contributed by atoms with E-state index < -0.39 is 5.97 Å². The lowest BCUT2D eigenvalue weighted by molar-refractivity contribution is 0.0526. The monoisotopic (exact) mass is 556 g/mol. The minimum absolute atomic E-state index is 0. The largest absolute Gasteiger partial charge is 0.506 e. The van der Waals surface area contributed by atoms with Gasteiger partial charge in [0.2, 0.25) is 0 Å². The summed E-state index contributed by atoms with van der Waals surface area (Å²) in [4.78, 5) is 15.1. The van der Waals surface area contributed by atoms with Crippen LogP contribution >= 0.6 is 41.0 Å². The molecule has 0 bridgehead atoms. The van der Waals surface area contributed by atoms with Crippen LogP contribution in [0.2, 0.25) is 0 Å². The zero-order valence-corrected chi connectivity index (χ0v) is 22.5. The number of carbonyl (C=O) groups is 1. The van der Waals surface area contributed by atoms with Crippen LogP contribution in [-0.4, -0.2) is 47.9 Å². The summed E-state index contributed by atoms with van der Waals surface area (Å²) < 4.78 is 13.8. The van der Waals surface area contributed by atoms with E-state index in [2.05, 4.69) is 15.9 Å². The minimum atomic E-state index is -0.419. The van der Waals surface area contributed by atoms with Crippen molar-refractivity contribution in [2.24, 2.45) is 7.05 Å². The van der Waals surface area contributed by atoms with E-state index >= 15 is 0 Å². The number of benzene rings is 2. The maximum Gasteiger partial charge on any atom is 0.340 e. The van der Waals surface area contributed by atoms with Crippen molar-refractivity contribution in [3.05, 3.63) is 57.7 Å². The standard InChI is InChI=1S/C24H29BrN2O4S.ClH/c1-5-30-24(29)21-20-16(14-26(2)3)23(28)17(25)13-18(20)27(4)22(21)19(32)11-12-31-15-9-7-6-8-10-15;/h6-10,13,19,28,32H,5,11-12,14H2,1-4H3;1H. The molecule has 0 aliphatic carbocycles. The van der Waals surface area contributed by atoms with Crippen molar-refractivity contribution in [1.29, 1.82) is 0 Å². The van der Waals surface area contributed by atoms with Gasteiger partial charge in [-0.25, -0.2) is 4.79 Å². The van der Waals surface area contributed by atoms with Crippen molar-refractivity contribution in [2.75, 3.05) is 27.3 Å². The number of phenols is 1. The third-order valence-corrected chi connectivity index (χ3v) is 6.34. The number of fused-ring (bicyclic) bond motifs is 1. The quantitative estimate of drug-likeness (QED) is 0.259. The summed E-state index contributed by atoms with van der Waals surface area (Å²) in [6, 6.07) is 11.4. The number of phenolic OH excluding ortho intramolecular Hbond substituents is 1. The molecule has 0 radical (unpaired) electrons. The molecule has 9 heteroatoms. The van der Waals surface area contributed by atoms with Crippen molar-refractivity contribution >= 4 is 57.8 Å². The fourth-order valence-corrected chi connectivity index (χ4v) is 4.72. The van der Waals surface area contributed by atoms with Crippen LogP contribution in [-0.2, 0) is 18.3 Å². The second-order valence-electron chi connectivity index (χ2n) is 7.82. The van der Waals surface area contributed by atoms with E-state index in [1.807, 2.05) is 67.0 Å². The van der Waals surface area contributed by atoms with Gasteiger partial charge in [-0.1, -0.05) is 18.2 Å². The molecule has 33 heavy (non-hydrogen) atoms. The summed E-state index contributed by atoms with van der Waals surface area (Å²) in [6.07, 6.45) is 0.588. The topological polar surface area (TPSA) is 63.9 Å². The fourth-order valence-electron chi connectivity index (χ4n) is 3.86. The molecular formula is C24H30BrClN2O4S. The predicted octanol–water partition coefficient (Wildman–Crippen LogP) is 5.75. The summed E-state index contributed by atoms with van der Waals surface area (Å²) in [5, 5.41) is 11.2. The van der Waals surface area contributed by atoms with E-state index in [9.17, 15) is 9.90 Å². The van der Waals surface area contributed by atoms with Gasteiger partial charge >= 0.3 is 5.97 Å². The van der Waals surface area contributed by atoms with Gasteiger partial charge < -0.3 is 24.0 Å². The molecule has 0 amide bonds. The average molecular weight is 558 g/mol. The number of hydrogen-bond acceptors (Lipinski definition) is 6. The first kappa shape index (κ1) is 27.4. The number of para-hydroxylation sites is 1. The number of esters is 1. The van der Waals surface area contributed by atoms with Gasteiger partial charge in [0.1, 0.15) is 11.5 Å². The molecule has 6 nitrogen and oxygen atoms in total. The Balaban J connectivity index is 0.00000385. The van der Waals surface area contributed by atoms with E-state index in [0.29, 0.717) is 40.6 Å². The van der Waals surface area contributed by atoms with E-state index in [4.69, 9.17) is 22.1 Å². The highest BCUT2D eigenvalue weighted by Gasteiger charge is 2.30. The second kappa shape index (κ2) is 12.0. The second-order valence-corrected chi connectivity index (χ2v) is 9.30. The highest BCUT2D eigenvalue weighted by molar-refractivity contribution is 9.10. The Bertz CT molecular complexity index is 1110. The van der Waals surface area contributed by atoms with Crippen LogP contribution in [0.15, 0.2) is 40.9 Å². The Morgan fingerprint density at radius 3 is 2.55 bits per heavy atom. The highest BCUT2D eigenvalue weighted by Crippen LogP contribution is 2.42. The van der Waals surface area contributed by atoms with E-state index in [-0.39, 0.29) is 30.0 Å². The first-order valence-electron chi connectivity index (χ1n) is 10.5. The van der Waals surface area contributed by atoms with Gasteiger partial charge in [-0.05, 0) is 61.6 Å². The number of aromatic nitrogens is 1. The number of ether oxygens (including phenoxy) is 2. The van der Waals surface area contributed by atoms with Crippen molar-refractivity contribution in [3.8, 4) is 11.5 Å². The Hall–Kier alpha value is -1.87. The molecule has 0 aliphatic heterocycles. The molecule has 0 fully saturated rings. The van der Waals surface area contributed by atoms with Crippen LogP contribution in [0.5, 0.6) is 11.5 Å². The maximum atomic E-state index is 13.1. The zero-order valence-electron chi connectivity index (χ0n) is 19.2. The molecule has 3 aromatic rings. The molecule has 1 heterocycles. The Labute approximate surface area is 214 Å². The van der Waals surface area contributed by atoms with Crippen molar-refractivity contribution in [3.63, 3.8) is 0 Å². The lowest BCUT2D eigenvalue weighted by Crippen LogP contribution is -2.14. The van der Waals surface area contributed by atoms with Crippen molar-refractivity contribution in [1.82, 2.24) is 9.47 Å². The first-order chi connectivity index (χ1) is 15.3. The predicted molar refractivity (Wildman–Crippen MR) is 141 cm³/mol. The molecular weight excluding hydrogens is 528 g/mol. The molecule has 3 rings (SSSR count). The summed E-state index contributed by atoms with van der Waals surface area (Å²) in [5.41, 5.74) is 2.69. The molecule has 2 aromatic carbocycles. The van der Waals surface area contributed by atoms with E-state index in [0.717, 1.165) is 17.0 Å². The van der Waals surface area contributed by atoms with Gasteiger partial charge in [0, 0.05) is 35.5 Å². The molecule has 180 valence electrons. The summed E-state index contributed by atoms with van der Waals surface area (Å²) in [7, 11) is 5.75. The number of aromatic hydroxyl groups is 1. The number of hydrogen-bond donors (Lipinski definition) is 2. The average Bonchev–Trinajstić information content (AvgIpc) is 3.04. The Morgan fingerprint density at radius 2 is 1.94 bits per heavy atom. The van der Waals surface area contributed by atoms with Gasteiger partial charge in [-0.3, -0.25) is 0 Å². The summed E-state index contributed by atoms with van der Waals surface area (Å²) in [5.74, 6) is 0.493. The van der Waals surface area contributed by atoms with Gasteiger partial charge in [0.25, 0.3) is 0 Å². The van der Waals surface area contributed by atoms with Gasteiger partial charge in [0.15, 0.2) is 0 Å². The van der Waals surface area contributed by atoms with Crippen LogP contribution in [0.4, 0.5) is 0 Å². The number of nitrogens with zero attached hydrogens (tertiary/aromatic N) is 2. The molecule has 1 aromatic heterocycles. The fraction of sp³-hybridized carbons (Fsp3) is 0.375. The van der Waals surface area contributed by atoms with Crippen molar-refractivity contribution < 1.29 is 19.4 Å². The SMILES string of the molecule is CCOC(=O)c1c(C(S)CCOc2ccccc2)n(C)c2cc(Br)c(O)c(CN(C)C)c12.Cl. The third kappa shape index (κ3) is 5.98. The smallest absolute Gasteiger partial charge is 0.340 e. The van der Waals surface area contributed by atoms with Crippen LogP contribution in [0, 0.1) is 0 Å². The van der Waals surface area contributed by atoms with Gasteiger partial charge in [-0.2, -0.15) is 12.6 Å². The summed E-state index contributed by atoms with van der Waals surface area (Å²) in [6.45, 7) is 2.95. The van der Waals surface area contributed by atoms with Gasteiger partial charge in [-0.15, -0.1) is 12.4 Å². The lowest BCUT2D eigenvalue weighted by Gasteiger charge is -2.16.